The van der Waals surface area contributed by atoms with Crippen LogP contribution in [0.3, 0.4) is 0 Å². The Hall–Kier alpha value is -1.61. The third-order valence-corrected chi connectivity index (χ3v) is 3.13. The highest BCUT2D eigenvalue weighted by Gasteiger charge is 2.20. The molecule has 0 aliphatic rings. The Labute approximate surface area is 108 Å². The fourth-order valence-electron chi connectivity index (χ4n) is 1.94. The van der Waals surface area contributed by atoms with E-state index < -0.39 is 5.54 Å². The molecule has 1 aromatic heterocycles. The number of nitrogens with zero attached hydrogens (tertiary/aromatic N) is 1. The van der Waals surface area contributed by atoms with E-state index in [1.54, 1.807) is 0 Å². The van der Waals surface area contributed by atoms with E-state index in [2.05, 4.69) is 41.2 Å². The molecule has 96 valence electrons. The molecule has 2 rings (SSSR count). The minimum absolute atomic E-state index is 0.438. The van der Waals surface area contributed by atoms with Crippen LogP contribution in [0.1, 0.15) is 37.9 Å². The molecule has 2 aromatic rings. The van der Waals surface area contributed by atoms with E-state index in [0.29, 0.717) is 0 Å². The van der Waals surface area contributed by atoms with Crippen molar-refractivity contribution in [2.75, 3.05) is 0 Å². The van der Waals surface area contributed by atoms with E-state index >= 15 is 0 Å². The number of rotatable bonds is 3. The Bertz CT molecular complexity index is 530. The first-order valence-corrected chi connectivity index (χ1v) is 6.37. The summed E-state index contributed by atoms with van der Waals surface area (Å²) in [6.07, 6.45) is 1.06. The average Bonchev–Trinajstić information content (AvgIpc) is 2.71. The van der Waals surface area contributed by atoms with Gasteiger partial charge in [-0.05, 0) is 32.8 Å². The molecule has 3 heteroatoms. The van der Waals surface area contributed by atoms with Crippen LogP contribution in [0.25, 0.3) is 11.3 Å². The molecular weight excluding hydrogens is 222 g/mol. The lowest BCUT2D eigenvalue weighted by Gasteiger charge is -2.14. The number of nitrogens with two attached hydrogens (primary N) is 1. The molecule has 0 saturated heterocycles. The van der Waals surface area contributed by atoms with Crippen molar-refractivity contribution in [3.05, 3.63) is 41.3 Å². The van der Waals surface area contributed by atoms with Crippen molar-refractivity contribution in [2.24, 2.45) is 5.73 Å². The summed E-state index contributed by atoms with van der Waals surface area (Å²) >= 11 is 0. The molecule has 0 aliphatic heterocycles. The Balaban J connectivity index is 2.41. The second kappa shape index (κ2) is 4.58. The molecule has 0 atom stereocenters. The van der Waals surface area contributed by atoms with Gasteiger partial charge in [0.15, 0.2) is 0 Å². The van der Waals surface area contributed by atoms with E-state index in [0.717, 1.165) is 29.2 Å². The zero-order valence-electron chi connectivity index (χ0n) is 11.5. The van der Waals surface area contributed by atoms with Crippen LogP contribution in [0.4, 0.5) is 0 Å². The maximum atomic E-state index is 6.07. The van der Waals surface area contributed by atoms with Crippen LogP contribution in [-0.4, -0.2) is 9.97 Å². The summed E-state index contributed by atoms with van der Waals surface area (Å²) in [5, 5.41) is 0. The Morgan fingerprint density at radius 1 is 1.22 bits per heavy atom. The van der Waals surface area contributed by atoms with Crippen molar-refractivity contribution in [2.45, 2.75) is 39.7 Å². The molecule has 0 unspecified atom stereocenters. The zero-order chi connectivity index (χ0) is 13.3. The van der Waals surface area contributed by atoms with Crippen molar-refractivity contribution in [1.29, 1.82) is 0 Å². The topological polar surface area (TPSA) is 54.7 Å². The van der Waals surface area contributed by atoms with Gasteiger partial charge in [-0.2, -0.15) is 0 Å². The van der Waals surface area contributed by atoms with Gasteiger partial charge in [0.05, 0.1) is 11.2 Å². The van der Waals surface area contributed by atoms with Crippen molar-refractivity contribution >= 4 is 0 Å². The number of aryl methyl sites for hydroxylation is 2. The fraction of sp³-hybridized carbons (Fsp3) is 0.400. The minimum Gasteiger partial charge on any atom is -0.344 e. The van der Waals surface area contributed by atoms with Crippen LogP contribution in [-0.2, 0) is 12.0 Å². The first kappa shape index (κ1) is 12.8. The molecule has 0 spiro atoms. The maximum absolute atomic E-state index is 6.07. The van der Waals surface area contributed by atoms with Crippen LogP contribution in [0.2, 0.25) is 0 Å². The van der Waals surface area contributed by atoms with E-state index in [1.807, 2.05) is 20.8 Å². The summed E-state index contributed by atoms with van der Waals surface area (Å²) in [5.74, 6) is 0.828. The average molecular weight is 243 g/mol. The number of aromatic nitrogens is 2. The molecule has 3 nitrogen and oxygen atoms in total. The van der Waals surface area contributed by atoms with Crippen LogP contribution in [0.15, 0.2) is 24.3 Å². The van der Waals surface area contributed by atoms with Gasteiger partial charge in [-0.25, -0.2) is 4.98 Å². The molecule has 1 heterocycles. The summed E-state index contributed by atoms with van der Waals surface area (Å²) in [4.78, 5) is 7.90. The Kier molecular flexibility index (Phi) is 3.26. The van der Waals surface area contributed by atoms with Crippen LogP contribution < -0.4 is 5.73 Å². The van der Waals surface area contributed by atoms with Crippen molar-refractivity contribution < 1.29 is 0 Å². The van der Waals surface area contributed by atoms with E-state index in [9.17, 15) is 0 Å². The van der Waals surface area contributed by atoms with Crippen molar-refractivity contribution in [1.82, 2.24) is 9.97 Å². The lowest BCUT2D eigenvalue weighted by atomic mass is 10.1. The molecule has 0 amide bonds. The smallest absolute Gasteiger partial charge is 0.126 e. The van der Waals surface area contributed by atoms with E-state index in [1.165, 1.54) is 5.56 Å². The molecular formula is C15H21N3. The van der Waals surface area contributed by atoms with Gasteiger partial charge in [-0.3, -0.25) is 0 Å². The lowest BCUT2D eigenvalue weighted by Crippen LogP contribution is -2.30. The molecule has 3 N–H and O–H groups in total. The molecule has 0 saturated carbocycles. The van der Waals surface area contributed by atoms with Gasteiger partial charge in [-0.1, -0.05) is 31.2 Å². The predicted octanol–water partition coefficient (Wildman–Crippen LogP) is 3.14. The fourth-order valence-corrected chi connectivity index (χ4v) is 1.94. The minimum atomic E-state index is -0.438. The summed E-state index contributed by atoms with van der Waals surface area (Å²) in [6.45, 7) is 8.10. The number of imidazole rings is 1. The molecule has 0 fully saturated rings. The molecule has 0 aliphatic carbocycles. The number of hydrogen-bond donors (Lipinski definition) is 2. The van der Waals surface area contributed by atoms with Gasteiger partial charge < -0.3 is 10.7 Å². The maximum Gasteiger partial charge on any atom is 0.126 e. The van der Waals surface area contributed by atoms with Gasteiger partial charge in [0.25, 0.3) is 0 Å². The van der Waals surface area contributed by atoms with E-state index in [-0.39, 0.29) is 0 Å². The third kappa shape index (κ3) is 2.46. The van der Waals surface area contributed by atoms with Crippen LogP contribution in [0, 0.1) is 6.92 Å². The van der Waals surface area contributed by atoms with Crippen molar-refractivity contribution in [3.8, 4) is 11.3 Å². The van der Waals surface area contributed by atoms with Crippen LogP contribution in [0.5, 0.6) is 0 Å². The number of H-pyrrole nitrogens is 1. The monoisotopic (exact) mass is 243 g/mol. The number of benzene rings is 1. The molecule has 0 radical (unpaired) electrons. The second-order valence-corrected chi connectivity index (χ2v) is 5.33. The zero-order valence-corrected chi connectivity index (χ0v) is 11.5. The highest BCUT2D eigenvalue weighted by molar-refractivity contribution is 5.62. The Morgan fingerprint density at radius 3 is 2.28 bits per heavy atom. The third-order valence-electron chi connectivity index (χ3n) is 3.13. The second-order valence-electron chi connectivity index (χ2n) is 5.33. The first-order chi connectivity index (χ1) is 8.41. The van der Waals surface area contributed by atoms with Gasteiger partial charge in [0.2, 0.25) is 0 Å². The van der Waals surface area contributed by atoms with Crippen LogP contribution >= 0.6 is 0 Å². The lowest BCUT2D eigenvalue weighted by molar-refractivity contribution is 0.520. The highest BCUT2D eigenvalue weighted by atomic mass is 15.0. The first-order valence-electron chi connectivity index (χ1n) is 6.37. The summed E-state index contributed by atoms with van der Waals surface area (Å²) in [5.41, 5.74) is 10.2. The predicted molar refractivity (Wildman–Crippen MR) is 75.4 cm³/mol. The number of nitrogens with one attached hydrogen (secondary N) is 1. The van der Waals surface area contributed by atoms with Gasteiger partial charge in [0, 0.05) is 11.3 Å². The summed E-state index contributed by atoms with van der Waals surface area (Å²) in [6, 6.07) is 8.54. The summed E-state index contributed by atoms with van der Waals surface area (Å²) in [7, 11) is 0. The Morgan fingerprint density at radius 2 is 1.83 bits per heavy atom. The number of hydrogen-bond acceptors (Lipinski definition) is 2. The molecule has 18 heavy (non-hydrogen) atoms. The molecule has 0 bridgehead atoms. The SMILES string of the molecule is CCc1ccc(-c2nc(C(C)(C)N)[nH]c2C)cc1. The van der Waals surface area contributed by atoms with Gasteiger partial charge in [0.1, 0.15) is 5.82 Å². The van der Waals surface area contributed by atoms with Gasteiger partial charge >= 0.3 is 0 Å². The quantitative estimate of drug-likeness (QED) is 0.870. The highest BCUT2D eigenvalue weighted by Crippen LogP contribution is 2.24. The van der Waals surface area contributed by atoms with E-state index in [4.69, 9.17) is 5.73 Å². The summed E-state index contributed by atoms with van der Waals surface area (Å²) < 4.78 is 0. The normalized spacial score (nSPS) is 11.8. The largest absolute Gasteiger partial charge is 0.344 e. The standard InChI is InChI=1S/C15H21N3/c1-5-11-6-8-12(9-7-11)13-10(2)17-14(18-13)15(3,4)16/h6-9H,5,16H2,1-4H3,(H,17,18). The van der Waals surface area contributed by atoms with Crippen molar-refractivity contribution in [3.63, 3.8) is 0 Å². The number of aromatic amines is 1. The van der Waals surface area contributed by atoms with Gasteiger partial charge in [-0.15, -0.1) is 0 Å². The molecule has 1 aromatic carbocycles.